The van der Waals surface area contributed by atoms with Gasteiger partial charge in [-0.3, -0.25) is 0 Å². The van der Waals surface area contributed by atoms with E-state index in [1.807, 2.05) is 26.8 Å². The van der Waals surface area contributed by atoms with Crippen LogP contribution in [0.2, 0.25) is 6.04 Å². The van der Waals surface area contributed by atoms with Crippen molar-refractivity contribution in [2.45, 2.75) is 96.6 Å². The van der Waals surface area contributed by atoms with Crippen molar-refractivity contribution in [3.05, 3.63) is 41.5 Å². The zero-order valence-electron chi connectivity index (χ0n) is 26.2. The maximum Gasteiger partial charge on any atom is 0.500 e. The first-order chi connectivity index (χ1) is 20.4. The van der Waals surface area contributed by atoms with E-state index in [2.05, 4.69) is 28.3 Å². The van der Waals surface area contributed by atoms with Gasteiger partial charge in [0.1, 0.15) is 0 Å². The standard InChI is InChI=1S/C32H53NO8Si/c1-5-39-42(40-6-2,41-7-3)25-13-22-33-32(35)38-24-11-9-8-10-23-37-30-19-17-28(18-20-30)29-15-12-14-27(26-29)16-21-31(34)36-4/h12,14-16,21,26,28,30H,5-11,13,17-20,22-25H2,1-4H3,(H,33,35)/b21-16+/t28-,30-. The van der Waals surface area contributed by atoms with Gasteiger partial charge in [-0.05, 0) is 95.3 Å². The van der Waals surface area contributed by atoms with Crippen molar-refractivity contribution in [3.63, 3.8) is 0 Å². The smallest absolute Gasteiger partial charge is 0.466 e. The minimum absolute atomic E-state index is 0.333. The third kappa shape index (κ3) is 14.3. The lowest BCUT2D eigenvalue weighted by molar-refractivity contribution is -0.134. The number of carbonyl (C=O) groups is 2. The summed E-state index contributed by atoms with van der Waals surface area (Å²) in [5, 5.41) is 2.81. The second kappa shape index (κ2) is 21.4. The van der Waals surface area contributed by atoms with Crippen LogP contribution in [0.3, 0.4) is 0 Å². The second-order valence-corrected chi connectivity index (χ2v) is 13.2. The highest BCUT2D eigenvalue weighted by molar-refractivity contribution is 6.60. The maximum absolute atomic E-state index is 12.0. The topological polar surface area (TPSA) is 102 Å². The van der Waals surface area contributed by atoms with E-state index in [9.17, 15) is 9.59 Å². The number of carbonyl (C=O) groups excluding carboxylic acids is 2. The van der Waals surface area contributed by atoms with E-state index in [4.69, 9.17) is 22.8 Å². The van der Waals surface area contributed by atoms with E-state index in [0.29, 0.717) is 57.5 Å². The molecular weight excluding hydrogens is 554 g/mol. The van der Waals surface area contributed by atoms with Crippen molar-refractivity contribution in [1.82, 2.24) is 5.32 Å². The Morgan fingerprint density at radius 3 is 2.21 bits per heavy atom. The molecule has 42 heavy (non-hydrogen) atoms. The first-order valence-corrected chi connectivity index (χ1v) is 17.7. The van der Waals surface area contributed by atoms with Gasteiger partial charge in [-0.25, -0.2) is 9.59 Å². The molecule has 1 aromatic rings. The minimum Gasteiger partial charge on any atom is -0.466 e. The monoisotopic (exact) mass is 607 g/mol. The van der Waals surface area contributed by atoms with E-state index >= 15 is 0 Å². The molecule has 0 radical (unpaired) electrons. The molecule has 1 amide bonds. The summed E-state index contributed by atoms with van der Waals surface area (Å²) in [4.78, 5) is 23.4. The Balaban J connectivity index is 1.50. The van der Waals surface area contributed by atoms with Gasteiger partial charge in [-0.1, -0.05) is 30.7 Å². The summed E-state index contributed by atoms with van der Waals surface area (Å²) in [6.45, 7) is 9.15. The quantitative estimate of drug-likeness (QED) is 0.0718. The molecule has 1 fully saturated rings. The van der Waals surface area contributed by atoms with Crippen molar-refractivity contribution < 1.29 is 37.1 Å². The predicted octanol–water partition coefficient (Wildman–Crippen LogP) is 6.64. The third-order valence-corrected chi connectivity index (χ3v) is 10.5. The number of rotatable bonds is 21. The Labute approximate surface area is 254 Å². The predicted molar refractivity (Wildman–Crippen MR) is 166 cm³/mol. The SMILES string of the molecule is CCO[Si](CCCNC(=O)OCCCCCCO[C@H]1CC[C@H](c2cccc(/C=C/C(=O)OC)c2)CC1)(OCC)OCC. The molecule has 2 rings (SSSR count). The van der Waals surface area contributed by atoms with E-state index in [-0.39, 0.29) is 12.1 Å². The third-order valence-electron chi connectivity index (χ3n) is 7.32. The van der Waals surface area contributed by atoms with Gasteiger partial charge < -0.3 is 32.8 Å². The number of methoxy groups -OCH3 is 1. The fraction of sp³-hybridized carbons (Fsp3) is 0.688. The number of hydrogen-bond acceptors (Lipinski definition) is 8. The summed E-state index contributed by atoms with van der Waals surface area (Å²) in [7, 11) is -1.28. The van der Waals surface area contributed by atoms with Crippen molar-refractivity contribution in [3.8, 4) is 0 Å². The van der Waals surface area contributed by atoms with Crippen LogP contribution in [0.4, 0.5) is 4.79 Å². The van der Waals surface area contributed by atoms with Crippen LogP contribution in [-0.2, 0) is 32.3 Å². The van der Waals surface area contributed by atoms with Gasteiger partial charge in [0.2, 0.25) is 0 Å². The lowest BCUT2D eigenvalue weighted by Crippen LogP contribution is -2.46. The Hall–Kier alpha value is -2.24. The van der Waals surface area contributed by atoms with Gasteiger partial charge in [0.15, 0.2) is 0 Å². The lowest BCUT2D eigenvalue weighted by atomic mass is 9.82. The van der Waals surface area contributed by atoms with Crippen LogP contribution in [0, 0.1) is 0 Å². The first kappa shape index (κ1) is 36.0. The van der Waals surface area contributed by atoms with E-state index < -0.39 is 8.80 Å². The van der Waals surface area contributed by atoms with Crippen LogP contribution in [-0.4, -0.2) is 73.7 Å². The molecule has 0 saturated heterocycles. The highest BCUT2D eigenvalue weighted by Crippen LogP contribution is 2.34. The van der Waals surface area contributed by atoms with Gasteiger partial charge in [0.05, 0.1) is 19.8 Å². The fourth-order valence-electron chi connectivity index (χ4n) is 5.23. The van der Waals surface area contributed by atoms with Crippen LogP contribution < -0.4 is 5.32 Å². The van der Waals surface area contributed by atoms with E-state index in [1.165, 1.54) is 18.7 Å². The molecular formula is C32H53NO8Si. The molecule has 0 bridgehead atoms. The molecule has 10 heteroatoms. The molecule has 0 aromatic heterocycles. The molecule has 1 aromatic carbocycles. The Morgan fingerprint density at radius 2 is 1.57 bits per heavy atom. The number of amides is 1. The molecule has 1 aliphatic rings. The highest BCUT2D eigenvalue weighted by atomic mass is 28.4. The summed E-state index contributed by atoms with van der Waals surface area (Å²) in [5.41, 5.74) is 2.34. The second-order valence-electron chi connectivity index (χ2n) is 10.4. The summed E-state index contributed by atoms with van der Waals surface area (Å²) >= 11 is 0. The van der Waals surface area contributed by atoms with Crippen LogP contribution >= 0.6 is 0 Å². The molecule has 238 valence electrons. The molecule has 0 spiro atoms. The fourth-order valence-corrected chi connectivity index (χ4v) is 7.84. The summed E-state index contributed by atoms with van der Waals surface area (Å²) in [6.07, 6.45) is 12.2. The average Bonchev–Trinajstić information content (AvgIpc) is 3.00. The number of nitrogens with one attached hydrogen (secondary N) is 1. The van der Waals surface area contributed by atoms with Crippen LogP contribution in [0.5, 0.6) is 0 Å². The highest BCUT2D eigenvalue weighted by Gasteiger charge is 2.39. The molecule has 0 unspecified atom stereocenters. The first-order valence-electron chi connectivity index (χ1n) is 15.7. The number of hydrogen-bond donors (Lipinski definition) is 1. The number of alkyl carbamates (subject to hydrolysis) is 1. The average molecular weight is 608 g/mol. The molecule has 1 saturated carbocycles. The number of benzene rings is 1. The summed E-state index contributed by atoms with van der Waals surface area (Å²) in [5.74, 6) is 0.188. The van der Waals surface area contributed by atoms with E-state index in [1.54, 1.807) is 6.08 Å². The Kier molecular flexibility index (Phi) is 18.4. The van der Waals surface area contributed by atoms with Crippen LogP contribution in [0.1, 0.15) is 95.6 Å². The summed E-state index contributed by atoms with van der Waals surface area (Å²) < 4.78 is 33.7. The molecule has 1 N–H and O–H groups in total. The minimum atomic E-state index is -2.67. The lowest BCUT2D eigenvalue weighted by Gasteiger charge is -2.29. The molecule has 1 aliphatic carbocycles. The largest absolute Gasteiger partial charge is 0.500 e. The van der Waals surface area contributed by atoms with Crippen molar-refractivity contribution in [1.29, 1.82) is 0 Å². The molecule has 9 nitrogen and oxygen atoms in total. The van der Waals surface area contributed by atoms with Gasteiger partial charge in [-0.15, -0.1) is 0 Å². The Morgan fingerprint density at radius 1 is 0.905 bits per heavy atom. The number of esters is 1. The molecule has 0 atom stereocenters. The van der Waals surface area contributed by atoms with Crippen LogP contribution in [0.25, 0.3) is 6.08 Å². The van der Waals surface area contributed by atoms with Crippen molar-refractivity contribution in [2.24, 2.45) is 0 Å². The number of unbranched alkanes of at least 4 members (excludes halogenated alkanes) is 3. The number of ether oxygens (including phenoxy) is 3. The van der Waals surface area contributed by atoms with Crippen molar-refractivity contribution in [2.75, 3.05) is 46.7 Å². The van der Waals surface area contributed by atoms with Gasteiger partial charge in [-0.2, -0.15) is 0 Å². The Bertz CT molecular complexity index is 903. The molecule has 0 aliphatic heterocycles. The summed E-state index contributed by atoms with van der Waals surface area (Å²) in [6, 6.07) is 9.06. The normalized spacial score (nSPS) is 17.3. The van der Waals surface area contributed by atoms with Crippen molar-refractivity contribution >= 4 is 26.9 Å². The molecule has 0 heterocycles. The van der Waals surface area contributed by atoms with Gasteiger partial charge in [0, 0.05) is 45.1 Å². The van der Waals surface area contributed by atoms with Gasteiger partial charge >= 0.3 is 20.9 Å². The van der Waals surface area contributed by atoms with Crippen LogP contribution in [0.15, 0.2) is 30.3 Å². The zero-order chi connectivity index (χ0) is 30.5. The van der Waals surface area contributed by atoms with E-state index in [0.717, 1.165) is 63.5 Å². The zero-order valence-corrected chi connectivity index (χ0v) is 27.2. The maximum atomic E-state index is 12.0. The van der Waals surface area contributed by atoms with Gasteiger partial charge in [0.25, 0.3) is 0 Å².